The fourth-order valence-corrected chi connectivity index (χ4v) is 4.81. The molecule has 2 heterocycles. The SMILES string of the molecule is C1=C[C@H]2C[C@H]1C[C@@H]2CNC[C@H]1CCCN(Cc2cccnc2)C1. The van der Waals surface area contributed by atoms with E-state index in [1.165, 1.54) is 57.4 Å². The van der Waals surface area contributed by atoms with Crippen molar-refractivity contribution in [2.75, 3.05) is 26.2 Å². The molecule has 1 saturated carbocycles. The van der Waals surface area contributed by atoms with Gasteiger partial charge in [-0.1, -0.05) is 18.2 Å². The van der Waals surface area contributed by atoms with E-state index in [0.717, 1.165) is 30.2 Å². The van der Waals surface area contributed by atoms with Gasteiger partial charge in [-0.05, 0) is 80.6 Å². The first-order valence-corrected chi connectivity index (χ1v) is 9.37. The number of aromatic nitrogens is 1. The summed E-state index contributed by atoms with van der Waals surface area (Å²) in [5.74, 6) is 3.49. The molecule has 0 aromatic carbocycles. The predicted octanol–water partition coefficient (Wildman–Crippen LogP) is 3.10. The number of hydrogen-bond donors (Lipinski definition) is 1. The van der Waals surface area contributed by atoms with Gasteiger partial charge in [0.1, 0.15) is 0 Å². The van der Waals surface area contributed by atoms with Crippen LogP contribution in [0.25, 0.3) is 0 Å². The van der Waals surface area contributed by atoms with Crippen LogP contribution in [0.2, 0.25) is 0 Å². The van der Waals surface area contributed by atoms with Crippen LogP contribution in [0.5, 0.6) is 0 Å². The third-order valence-corrected chi connectivity index (χ3v) is 5.99. The molecular weight excluding hydrogens is 282 g/mol. The third kappa shape index (κ3) is 3.84. The summed E-state index contributed by atoms with van der Waals surface area (Å²) in [6.45, 7) is 5.95. The molecule has 3 heteroatoms. The Morgan fingerprint density at radius 2 is 2.22 bits per heavy atom. The van der Waals surface area contributed by atoms with E-state index in [-0.39, 0.29) is 0 Å². The summed E-state index contributed by atoms with van der Waals surface area (Å²) >= 11 is 0. The van der Waals surface area contributed by atoms with Crippen LogP contribution in [0.15, 0.2) is 36.7 Å². The molecule has 0 radical (unpaired) electrons. The molecule has 4 atom stereocenters. The van der Waals surface area contributed by atoms with E-state index in [1.54, 1.807) is 0 Å². The topological polar surface area (TPSA) is 28.2 Å². The van der Waals surface area contributed by atoms with Crippen LogP contribution in [-0.2, 0) is 6.54 Å². The summed E-state index contributed by atoms with van der Waals surface area (Å²) in [7, 11) is 0. The second-order valence-corrected chi connectivity index (χ2v) is 7.80. The number of pyridine rings is 1. The highest BCUT2D eigenvalue weighted by Crippen LogP contribution is 2.42. The number of likely N-dealkylation sites (tertiary alicyclic amines) is 1. The first-order chi connectivity index (χ1) is 11.4. The molecule has 0 spiro atoms. The van der Waals surface area contributed by atoms with Gasteiger partial charge in [0.15, 0.2) is 0 Å². The number of rotatable bonds is 6. The number of hydrogen-bond acceptors (Lipinski definition) is 3. The lowest BCUT2D eigenvalue weighted by molar-refractivity contribution is 0.164. The van der Waals surface area contributed by atoms with E-state index in [2.05, 4.69) is 33.4 Å². The van der Waals surface area contributed by atoms with Gasteiger partial charge < -0.3 is 5.32 Å². The normalized spacial score (nSPS) is 33.4. The molecule has 3 aliphatic rings. The van der Waals surface area contributed by atoms with Gasteiger partial charge in [-0.25, -0.2) is 0 Å². The molecule has 3 nitrogen and oxygen atoms in total. The van der Waals surface area contributed by atoms with Crippen molar-refractivity contribution < 1.29 is 0 Å². The monoisotopic (exact) mass is 311 g/mol. The Morgan fingerprint density at radius 1 is 1.22 bits per heavy atom. The van der Waals surface area contributed by atoms with Gasteiger partial charge in [-0.15, -0.1) is 0 Å². The Labute approximate surface area is 140 Å². The minimum Gasteiger partial charge on any atom is -0.316 e. The maximum absolute atomic E-state index is 4.24. The van der Waals surface area contributed by atoms with Gasteiger partial charge >= 0.3 is 0 Å². The molecule has 124 valence electrons. The number of piperidine rings is 1. The third-order valence-electron chi connectivity index (χ3n) is 5.99. The zero-order valence-corrected chi connectivity index (χ0v) is 14.0. The fraction of sp³-hybridized carbons (Fsp3) is 0.650. The molecule has 2 fully saturated rings. The number of nitrogens with one attached hydrogen (secondary N) is 1. The molecule has 4 rings (SSSR count). The van der Waals surface area contributed by atoms with Crippen LogP contribution in [0, 0.1) is 23.7 Å². The Balaban J connectivity index is 1.20. The second-order valence-electron chi connectivity index (χ2n) is 7.80. The summed E-state index contributed by atoms with van der Waals surface area (Å²) in [6.07, 6.45) is 14.3. The van der Waals surface area contributed by atoms with E-state index in [1.807, 2.05) is 18.5 Å². The second kappa shape index (κ2) is 7.14. The Bertz CT molecular complexity index is 527. The summed E-state index contributed by atoms with van der Waals surface area (Å²) in [6, 6.07) is 4.24. The Morgan fingerprint density at radius 3 is 3.00 bits per heavy atom. The van der Waals surface area contributed by atoms with Crippen molar-refractivity contribution in [1.29, 1.82) is 0 Å². The predicted molar refractivity (Wildman–Crippen MR) is 94.0 cm³/mol. The highest BCUT2D eigenvalue weighted by atomic mass is 15.1. The zero-order valence-electron chi connectivity index (χ0n) is 14.0. The van der Waals surface area contributed by atoms with Crippen LogP contribution < -0.4 is 5.32 Å². The zero-order chi connectivity index (χ0) is 15.5. The van der Waals surface area contributed by atoms with Gasteiger partial charge in [0.2, 0.25) is 0 Å². The van der Waals surface area contributed by atoms with E-state index in [4.69, 9.17) is 0 Å². The smallest absolute Gasteiger partial charge is 0.0312 e. The van der Waals surface area contributed by atoms with Gasteiger partial charge in [0, 0.05) is 25.5 Å². The lowest BCUT2D eigenvalue weighted by Gasteiger charge is -2.33. The van der Waals surface area contributed by atoms with Crippen LogP contribution >= 0.6 is 0 Å². The maximum atomic E-state index is 4.24. The quantitative estimate of drug-likeness (QED) is 0.818. The average molecular weight is 311 g/mol. The summed E-state index contributed by atoms with van der Waals surface area (Å²) in [5, 5.41) is 3.79. The van der Waals surface area contributed by atoms with Crippen LogP contribution in [-0.4, -0.2) is 36.1 Å². The van der Waals surface area contributed by atoms with Gasteiger partial charge in [-0.3, -0.25) is 9.88 Å². The molecule has 1 aromatic rings. The highest BCUT2D eigenvalue weighted by Gasteiger charge is 2.35. The van der Waals surface area contributed by atoms with Crippen molar-refractivity contribution in [3.63, 3.8) is 0 Å². The lowest BCUT2D eigenvalue weighted by atomic mass is 9.93. The van der Waals surface area contributed by atoms with Crippen molar-refractivity contribution in [3.05, 3.63) is 42.2 Å². The fourth-order valence-electron chi connectivity index (χ4n) is 4.81. The largest absolute Gasteiger partial charge is 0.316 e. The van der Waals surface area contributed by atoms with Crippen molar-refractivity contribution in [2.45, 2.75) is 32.2 Å². The summed E-state index contributed by atoms with van der Waals surface area (Å²) < 4.78 is 0. The minimum atomic E-state index is 0.814. The van der Waals surface area contributed by atoms with Gasteiger partial charge in [-0.2, -0.15) is 0 Å². The maximum Gasteiger partial charge on any atom is 0.0312 e. The van der Waals surface area contributed by atoms with Crippen molar-refractivity contribution in [3.8, 4) is 0 Å². The molecule has 1 aromatic heterocycles. The van der Waals surface area contributed by atoms with Gasteiger partial charge in [0.05, 0.1) is 0 Å². The van der Waals surface area contributed by atoms with Crippen molar-refractivity contribution in [2.24, 2.45) is 23.7 Å². The van der Waals surface area contributed by atoms with E-state index >= 15 is 0 Å². The van der Waals surface area contributed by atoms with Gasteiger partial charge in [0.25, 0.3) is 0 Å². The Kier molecular flexibility index (Phi) is 4.77. The molecular formula is C20H29N3. The number of nitrogens with zero attached hydrogens (tertiary/aromatic N) is 2. The molecule has 0 unspecified atom stereocenters. The summed E-state index contributed by atoms with van der Waals surface area (Å²) in [5.41, 5.74) is 1.34. The number of allylic oxidation sites excluding steroid dienone is 2. The Hall–Kier alpha value is -1.19. The molecule has 1 aliphatic heterocycles. The average Bonchev–Trinajstić information content (AvgIpc) is 3.19. The van der Waals surface area contributed by atoms with Crippen molar-refractivity contribution >= 4 is 0 Å². The van der Waals surface area contributed by atoms with Crippen LogP contribution in [0.3, 0.4) is 0 Å². The minimum absolute atomic E-state index is 0.814. The van der Waals surface area contributed by atoms with Crippen LogP contribution in [0.4, 0.5) is 0 Å². The molecule has 1 N–H and O–H groups in total. The molecule has 0 amide bonds. The standard InChI is InChI=1S/C20H29N3/c1-3-17(11-21-7-1)14-23-8-2-4-18(15-23)12-22-13-20-10-16-5-6-19(20)9-16/h1,3,5-7,11,16,18-20,22H,2,4,8-10,12-15H2/t16-,18+,19-,20+/m0/s1. The number of fused-ring (bicyclic) bond motifs is 2. The lowest BCUT2D eigenvalue weighted by Crippen LogP contribution is -2.40. The highest BCUT2D eigenvalue weighted by molar-refractivity contribution is 5.10. The molecule has 1 saturated heterocycles. The molecule has 2 aliphatic carbocycles. The molecule has 23 heavy (non-hydrogen) atoms. The summed E-state index contributed by atoms with van der Waals surface area (Å²) in [4.78, 5) is 6.84. The van der Waals surface area contributed by atoms with E-state index in [9.17, 15) is 0 Å². The first kappa shape index (κ1) is 15.3. The molecule has 2 bridgehead atoms. The van der Waals surface area contributed by atoms with Crippen LogP contribution in [0.1, 0.15) is 31.2 Å². The van der Waals surface area contributed by atoms with E-state index in [0.29, 0.717) is 0 Å². The first-order valence-electron chi connectivity index (χ1n) is 9.37. The van der Waals surface area contributed by atoms with Crippen molar-refractivity contribution in [1.82, 2.24) is 15.2 Å². The van der Waals surface area contributed by atoms with E-state index < -0.39 is 0 Å².